The second-order valence-corrected chi connectivity index (χ2v) is 3.50. The van der Waals surface area contributed by atoms with Gasteiger partial charge in [-0.15, -0.1) is 0 Å². The average Bonchev–Trinajstić information content (AvgIpc) is 2.56. The van der Waals surface area contributed by atoms with Gasteiger partial charge in [0.2, 0.25) is 0 Å². The Labute approximate surface area is 91.7 Å². The first-order chi connectivity index (χ1) is 7.22. The van der Waals surface area contributed by atoms with Crippen molar-refractivity contribution in [3.05, 3.63) is 28.3 Å². The molecule has 1 aromatic carbocycles. The number of ether oxygens (including phenoxy) is 3. The second kappa shape index (κ2) is 4.08. The van der Waals surface area contributed by atoms with Gasteiger partial charge in [0.05, 0.1) is 0 Å². The van der Waals surface area contributed by atoms with Gasteiger partial charge in [-0.25, -0.2) is 4.79 Å². The number of fused-ring (bicyclic) bond motifs is 1. The Kier molecular flexibility index (Phi) is 2.79. The van der Waals surface area contributed by atoms with Gasteiger partial charge in [0, 0.05) is 17.7 Å². The Balaban J connectivity index is 2.39. The van der Waals surface area contributed by atoms with Crippen molar-refractivity contribution < 1.29 is 19.0 Å². The third-order valence-electron chi connectivity index (χ3n) is 2.04. The summed E-state index contributed by atoms with van der Waals surface area (Å²) in [6.07, 6.45) is 0. The van der Waals surface area contributed by atoms with E-state index in [-0.39, 0.29) is 19.4 Å². The van der Waals surface area contributed by atoms with E-state index >= 15 is 0 Å². The largest absolute Gasteiger partial charge is 0.467 e. The van der Waals surface area contributed by atoms with Gasteiger partial charge in [0.25, 0.3) is 0 Å². The fourth-order valence-electron chi connectivity index (χ4n) is 1.43. The molecule has 0 fully saturated rings. The summed E-state index contributed by atoms with van der Waals surface area (Å²) in [6.45, 7) is 0.318. The highest BCUT2D eigenvalue weighted by atomic mass is 35.5. The minimum absolute atomic E-state index is 0.0695. The fourth-order valence-corrected chi connectivity index (χ4v) is 1.66. The van der Waals surface area contributed by atoms with E-state index in [4.69, 9.17) is 25.8 Å². The van der Waals surface area contributed by atoms with Gasteiger partial charge in [0.15, 0.2) is 6.79 Å². The molecule has 0 saturated carbocycles. The zero-order valence-electron chi connectivity index (χ0n) is 8.08. The first-order valence-corrected chi connectivity index (χ1v) is 4.71. The van der Waals surface area contributed by atoms with Crippen LogP contribution in [0, 0.1) is 0 Å². The molecule has 1 aliphatic rings. The summed E-state index contributed by atoms with van der Waals surface area (Å²) in [4.78, 5) is 11.4. The average molecular weight is 229 g/mol. The molecule has 0 bridgehead atoms. The number of hydrogen-bond acceptors (Lipinski definition) is 4. The van der Waals surface area contributed by atoms with Crippen LogP contribution in [-0.4, -0.2) is 19.9 Å². The van der Waals surface area contributed by atoms with Crippen LogP contribution in [0.4, 0.5) is 0 Å². The maximum Gasteiger partial charge on any atom is 0.342 e. The molecule has 5 heteroatoms. The van der Waals surface area contributed by atoms with Crippen LogP contribution in [-0.2, 0) is 16.1 Å². The van der Waals surface area contributed by atoms with Crippen LogP contribution in [0.3, 0.4) is 0 Å². The predicted molar refractivity (Wildman–Crippen MR) is 53.1 cm³/mol. The van der Waals surface area contributed by atoms with Crippen molar-refractivity contribution in [2.45, 2.75) is 6.61 Å². The van der Waals surface area contributed by atoms with Crippen LogP contribution in [0.25, 0.3) is 0 Å². The Morgan fingerprint density at radius 3 is 3.07 bits per heavy atom. The van der Waals surface area contributed by atoms with E-state index in [1.54, 1.807) is 12.1 Å². The zero-order chi connectivity index (χ0) is 10.8. The zero-order valence-corrected chi connectivity index (χ0v) is 8.84. The number of esters is 1. The van der Waals surface area contributed by atoms with Crippen molar-refractivity contribution in [2.75, 3.05) is 13.9 Å². The number of hydrogen-bond donors (Lipinski definition) is 0. The molecule has 0 spiro atoms. The topological polar surface area (TPSA) is 44.8 Å². The van der Waals surface area contributed by atoms with Crippen molar-refractivity contribution in [2.24, 2.45) is 0 Å². The molecule has 0 aliphatic carbocycles. The van der Waals surface area contributed by atoms with Crippen molar-refractivity contribution in [3.63, 3.8) is 0 Å². The van der Waals surface area contributed by atoms with Crippen molar-refractivity contribution in [1.82, 2.24) is 0 Å². The van der Waals surface area contributed by atoms with Crippen molar-refractivity contribution in [1.29, 1.82) is 0 Å². The van der Waals surface area contributed by atoms with Gasteiger partial charge in [-0.1, -0.05) is 11.6 Å². The number of rotatable bonds is 3. The number of cyclic esters (lactones) is 1. The molecule has 2 rings (SSSR count). The third kappa shape index (κ3) is 1.91. The minimum Gasteiger partial charge on any atom is -0.467 e. The smallest absolute Gasteiger partial charge is 0.342 e. The number of carbonyl (C=O) groups excluding carboxylic acids is 1. The van der Waals surface area contributed by atoms with E-state index < -0.39 is 0 Å². The van der Waals surface area contributed by atoms with Crippen molar-refractivity contribution >= 4 is 17.6 Å². The van der Waals surface area contributed by atoms with Crippen LogP contribution in [0.2, 0.25) is 5.02 Å². The normalized spacial score (nSPS) is 13.6. The standard InChI is InChI=1S/C10H9ClO4/c1-13-5-15-8-3-7(11)2-6-4-14-10(12)9(6)8/h2-3H,4-5H2,1H3. The van der Waals surface area contributed by atoms with Gasteiger partial charge in [-0.2, -0.15) is 0 Å². The molecule has 0 aromatic heterocycles. The van der Waals surface area contributed by atoms with E-state index in [1.807, 2.05) is 0 Å². The number of methoxy groups -OCH3 is 1. The molecule has 0 unspecified atom stereocenters. The predicted octanol–water partition coefficient (Wildman–Crippen LogP) is 1.99. The molecule has 15 heavy (non-hydrogen) atoms. The van der Waals surface area contributed by atoms with E-state index in [0.717, 1.165) is 5.56 Å². The van der Waals surface area contributed by atoms with E-state index in [0.29, 0.717) is 16.3 Å². The van der Waals surface area contributed by atoms with E-state index in [9.17, 15) is 4.79 Å². The lowest BCUT2D eigenvalue weighted by Gasteiger charge is -2.07. The Hall–Kier alpha value is -1.26. The third-order valence-corrected chi connectivity index (χ3v) is 2.26. The van der Waals surface area contributed by atoms with Gasteiger partial charge in [-0.05, 0) is 12.1 Å². The fraction of sp³-hybridized carbons (Fsp3) is 0.300. The van der Waals surface area contributed by atoms with Crippen LogP contribution in [0.15, 0.2) is 12.1 Å². The summed E-state index contributed by atoms with van der Waals surface area (Å²) in [5, 5.41) is 0.512. The van der Waals surface area contributed by atoms with Crippen LogP contribution >= 0.6 is 11.6 Å². The summed E-state index contributed by atoms with van der Waals surface area (Å²) in [5.74, 6) is 0.0228. The van der Waals surface area contributed by atoms with Crippen LogP contribution in [0.5, 0.6) is 5.75 Å². The number of carbonyl (C=O) groups is 1. The first kappa shape index (κ1) is 10.3. The summed E-state index contributed by atoms with van der Waals surface area (Å²) in [5.41, 5.74) is 1.19. The molecule has 0 amide bonds. The molecule has 1 aromatic rings. The van der Waals surface area contributed by atoms with Gasteiger partial charge >= 0.3 is 5.97 Å². The SMILES string of the molecule is COCOc1cc(Cl)cc2c1C(=O)OC2. The molecule has 1 heterocycles. The molecule has 0 N–H and O–H groups in total. The first-order valence-electron chi connectivity index (χ1n) is 4.33. The molecule has 0 saturated heterocycles. The molecule has 4 nitrogen and oxygen atoms in total. The van der Waals surface area contributed by atoms with Crippen molar-refractivity contribution in [3.8, 4) is 5.75 Å². The minimum atomic E-state index is -0.382. The summed E-state index contributed by atoms with van der Waals surface area (Å²) in [7, 11) is 1.50. The summed E-state index contributed by atoms with van der Waals surface area (Å²) < 4.78 is 14.9. The lowest BCUT2D eigenvalue weighted by Crippen LogP contribution is -2.04. The lowest BCUT2D eigenvalue weighted by atomic mass is 10.1. The van der Waals surface area contributed by atoms with Crippen LogP contribution < -0.4 is 4.74 Å². The molecule has 80 valence electrons. The monoisotopic (exact) mass is 228 g/mol. The highest BCUT2D eigenvalue weighted by Gasteiger charge is 2.26. The molecular weight excluding hydrogens is 220 g/mol. The Bertz CT molecular complexity index is 403. The highest BCUT2D eigenvalue weighted by molar-refractivity contribution is 6.31. The summed E-state index contributed by atoms with van der Waals surface area (Å²) >= 11 is 5.87. The molecule has 0 atom stereocenters. The molecule has 1 aliphatic heterocycles. The molecule has 0 radical (unpaired) electrons. The van der Waals surface area contributed by atoms with E-state index in [2.05, 4.69) is 0 Å². The van der Waals surface area contributed by atoms with Gasteiger partial charge in [-0.3, -0.25) is 0 Å². The maximum atomic E-state index is 11.4. The van der Waals surface area contributed by atoms with Gasteiger partial charge in [0.1, 0.15) is 17.9 Å². The Morgan fingerprint density at radius 2 is 2.33 bits per heavy atom. The van der Waals surface area contributed by atoms with E-state index in [1.165, 1.54) is 7.11 Å². The van der Waals surface area contributed by atoms with Crippen LogP contribution in [0.1, 0.15) is 15.9 Å². The number of benzene rings is 1. The second-order valence-electron chi connectivity index (χ2n) is 3.07. The quantitative estimate of drug-likeness (QED) is 0.586. The molecular formula is C10H9ClO4. The maximum absolute atomic E-state index is 11.4. The van der Waals surface area contributed by atoms with Gasteiger partial charge < -0.3 is 14.2 Å². The Morgan fingerprint density at radius 1 is 1.53 bits per heavy atom. The summed E-state index contributed by atoms with van der Waals surface area (Å²) in [6, 6.07) is 3.27. The lowest BCUT2D eigenvalue weighted by molar-refractivity contribution is 0.0460. The highest BCUT2D eigenvalue weighted by Crippen LogP contribution is 2.32. The number of halogens is 1.